The van der Waals surface area contributed by atoms with E-state index in [0.29, 0.717) is 5.75 Å². The molecule has 2 amide bonds. The number of benzene rings is 2. The van der Waals surface area contributed by atoms with E-state index >= 15 is 0 Å². The number of sulfonamides is 1. The molecule has 2 N–H and O–H groups in total. The highest BCUT2D eigenvalue weighted by Crippen LogP contribution is 2.44. The Balaban J connectivity index is 1.74. The molecule has 2 aromatic rings. The van der Waals surface area contributed by atoms with Crippen LogP contribution in [-0.4, -0.2) is 38.3 Å². The van der Waals surface area contributed by atoms with Gasteiger partial charge in [-0.05, 0) is 24.3 Å². The number of fused-ring (bicyclic) bond motifs is 1. The molecule has 7 nitrogen and oxygen atoms in total. The second-order valence-electron chi connectivity index (χ2n) is 5.63. The van der Waals surface area contributed by atoms with Crippen LogP contribution in [0.25, 0.3) is 0 Å². The standard InChI is InChI=1S/C16H10Cl4N2O5S/c17-11-9-10(12(18)14(20)13(11)19)16(24)22(15(9)23)5-6-27-7-1-3-8(4-2-7)28(21,25)26/h1-4H,5-6H2,(H2,21,25,26). The van der Waals surface area contributed by atoms with Crippen molar-refractivity contribution in [2.45, 2.75) is 4.90 Å². The number of hydrogen-bond acceptors (Lipinski definition) is 5. The molecule has 0 atom stereocenters. The smallest absolute Gasteiger partial charge is 0.263 e. The lowest BCUT2D eigenvalue weighted by molar-refractivity contribution is 0.0631. The molecular weight excluding hydrogens is 474 g/mol. The lowest BCUT2D eigenvalue weighted by atomic mass is 10.1. The maximum absolute atomic E-state index is 12.6. The molecule has 0 saturated heterocycles. The number of ether oxygens (including phenoxy) is 1. The van der Waals surface area contributed by atoms with Crippen molar-refractivity contribution in [1.82, 2.24) is 4.90 Å². The van der Waals surface area contributed by atoms with Crippen molar-refractivity contribution in [2.24, 2.45) is 5.14 Å². The molecule has 0 fully saturated rings. The Morgan fingerprint density at radius 3 is 1.75 bits per heavy atom. The third-order valence-electron chi connectivity index (χ3n) is 3.92. The van der Waals surface area contributed by atoms with Crippen molar-refractivity contribution in [3.8, 4) is 5.75 Å². The van der Waals surface area contributed by atoms with Crippen LogP contribution in [-0.2, 0) is 10.0 Å². The second-order valence-corrected chi connectivity index (χ2v) is 8.71. The first-order valence-electron chi connectivity index (χ1n) is 7.51. The Morgan fingerprint density at radius 1 is 0.857 bits per heavy atom. The van der Waals surface area contributed by atoms with Gasteiger partial charge in [0.1, 0.15) is 12.4 Å². The van der Waals surface area contributed by atoms with E-state index in [1.807, 2.05) is 0 Å². The van der Waals surface area contributed by atoms with E-state index in [2.05, 4.69) is 0 Å². The summed E-state index contributed by atoms with van der Waals surface area (Å²) in [6.07, 6.45) is 0. The van der Waals surface area contributed by atoms with Crippen LogP contribution in [0.4, 0.5) is 0 Å². The van der Waals surface area contributed by atoms with Gasteiger partial charge in [-0.1, -0.05) is 46.4 Å². The van der Waals surface area contributed by atoms with Gasteiger partial charge in [0.2, 0.25) is 10.0 Å². The Labute approximate surface area is 179 Å². The first-order valence-corrected chi connectivity index (χ1v) is 10.6. The highest BCUT2D eigenvalue weighted by atomic mass is 35.5. The molecule has 0 radical (unpaired) electrons. The molecule has 28 heavy (non-hydrogen) atoms. The summed E-state index contributed by atoms with van der Waals surface area (Å²) in [4.78, 5) is 26.0. The van der Waals surface area contributed by atoms with Crippen LogP contribution in [0.1, 0.15) is 20.7 Å². The number of amides is 2. The molecule has 2 aromatic carbocycles. The van der Waals surface area contributed by atoms with Gasteiger partial charge >= 0.3 is 0 Å². The van der Waals surface area contributed by atoms with Crippen LogP contribution in [0, 0.1) is 0 Å². The van der Waals surface area contributed by atoms with E-state index in [4.69, 9.17) is 56.3 Å². The average molecular weight is 484 g/mol. The Kier molecular flexibility index (Phi) is 5.82. The van der Waals surface area contributed by atoms with Gasteiger partial charge < -0.3 is 4.74 Å². The van der Waals surface area contributed by atoms with E-state index in [1.54, 1.807) is 0 Å². The van der Waals surface area contributed by atoms with E-state index in [0.717, 1.165) is 4.90 Å². The van der Waals surface area contributed by atoms with E-state index in [-0.39, 0.29) is 49.3 Å². The third kappa shape index (κ3) is 3.68. The Morgan fingerprint density at radius 2 is 1.32 bits per heavy atom. The lowest BCUT2D eigenvalue weighted by Crippen LogP contribution is -2.33. The number of nitrogens with two attached hydrogens (primary N) is 1. The first-order chi connectivity index (χ1) is 13.0. The van der Waals surface area contributed by atoms with Crippen LogP contribution in [0.3, 0.4) is 0 Å². The fourth-order valence-electron chi connectivity index (χ4n) is 2.58. The molecular formula is C16H10Cl4N2O5S. The summed E-state index contributed by atoms with van der Waals surface area (Å²) in [6.45, 7) is -0.165. The van der Waals surface area contributed by atoms with Gasteiger partial charge in [-0.25, -0.2) is 13.6 Å². The number of rotatable bonds is 5. The van der Waals surface area contributed by atoms with Crippen LogP contribution in [0.15, 0.2) is 29.2 Å². The van der Waals surface area contributed by atoms with E-state index in [1.165, 1.54) is 24.3 Å². The largest absolute Gasteiger partial charge is 0.492 e. The van der Waals surface area contributed by atoms with Crippen molar-refractivity contribution in [1.29, 1.82) is 0 Å². The SMILES string of the molecule is NS(=O)(=O)c1ccc(OCCN2C(=O)c3c(Cl)c(Cl)c(Cl)c(Cl)c3C2=O)cc1. The van der Waals surface area contributed by atoms with E-state index in [9.17, 15) is 18.0 Å². The van der Waals surface area contributed by atoms with Gasteiger partial charge in [0.25, 0.3) is 11.8 Å². The molecule has 0 saturated carbocycles. The minimum atomic E-state index is -3.81. The topological polar surface area (TPSA) is 107 Å². The lowest BCUT2D eigenvalue weighted by Gasteiger charge is -2.14. The molecule has 1 heterocycles. The summed E-state index contributed by atoms with van der Waals surface area (Å²) in [7, 11) is -3.81. The monoisotopic (exact) mass is 482 g/mol. The summed E-state index contributed by atoms with van der Waals surface area (Å²) >= 11 is 24.0. The van der Waals surface area contributed by atoms with Gasteiger partial charge in [0, 0.05) is 0 Å². The zero-order valence-corrected chi connectivity index (χ0v) is 17.5. The maximum atomic E-state index is 12.6. The molecule has 1 aliphatic rings. The van der Waals surface area contributed by atoms with Crippen LogP contribution in [0.5, 0.6) is 5.75 Å². The number of hydrogen-bond donors (Lipinski definition) is 1. The van der Waals surface area contributed by atoms with Gasteiger partial charge in [0.15, 0.2) is 0 Å². The molecule has 0 aliphatic carbocycles. The van der Waals surface area contributed by atoms with Crippen LogP contribution in [0.2, 0.25) is 20.1 Å². The number of imide groups is 1. The van der Waals surface area contributed by atoms with Crippen LogP contribution < -0.4 is 9.88 Å². The normalized spacial score (nSPS) is 13.8. The van der Waals surface area contributed by atoms with Crippen molar-refractivity contribution in [3.63, 3.8) is 0 Å². The molecule has 148 valence electrons. The van der Waals surface area contributed by atoms with Crippen molar-refractivity contribution < 1.29 is 22.7 Å². The summed E-state index contributed by atoms with van der Waals surface area (Å²) < 4.78 is 27.9. The van der Waals surface area contributed by atoms with Crippen molar-refractivity contribution in [3.05, 3.63) is 55.5 Å². The van der Waals surface area contributed by atoms with Crippen molar-refractivity contribution in [2.75, 3.05) is 13.2 Å². The number of nitrogens with zero attached hydrogens (tertiary/aromatic N) is 1. The zero-order chi connectivity index (χ0) is 20.8. The number of halogens is 4. The minimum absolute atomic E-state index is 0.0586. The quantitative estimate of drug-likeness (QED) is 0.397. The van der Waals surface area contributed by atoms with Gasteiger partial charge in [-0.2, -0.15) is 0 Å². The summed E-state index contributed by atoms with van der Waals surface area (Å²) in [5.41, 5.74) is -0.216. The fraction of sp³-hybridized carbons (Fsp3) is 0.125. The first kappa shape index (κ1) is 21.2. The zero-order valence-electron chi connectivity index (χ0n) is 13.7. The molecule has 0 bridgehead atoms. The molecule has 1 aliphatic heterocycles. The number of carbonyl (C=O) groups is 2. The van der Waals surface area contributed by atoms with Gasteiger partial charge in [0.05, 0.1) is 42.7 Å². The maximum Gasteiger partial charge on any atom is 0.263 e. The number of primary sulfonamides is 1. The molecule has 0 spiro atoms. The highest BCUT2D eigenvalue weighted by molar-refractivity contribution is 7.89. The average Bonchev–Trinajstić information content (AvgIpc) is 2.89. The number of carbonyl (C=O) groups excluding carboxylic acids is 2. The predicted molar refractivity (Wildman–Crippen MR) is 105 cm³/mol. The van der Waals surface area contributed by atoms with Crippen molar-refractivity contribution >= 4 is 68.2 Å². The molecule has 12 heteroatoms. The van der Waals surface area contributed by atoms with Gasteiger partial charge in [-0.3, -0.25) is 14.5 Å². The predicted octanol–water partition coefficient (Wildman–Crippen LogP) is 3.62. The highest BCUT2D eigenvalue weighted by Gasteiger charge is 2.41. The fourth-order valence-corrected chi connectivity index (χ4v) is 4.11. The third-order valence-corrected chi connectivity index (χ3v) is 6.65. The Bertz CT molecular complexity index is 1060. The summed E-state index contributed by atoms with van der Waals surface area (Å²) in [6, 6.07) is 5.34. The van der Waals surface area contributed by atoms with Crippen LogP contribution >= 0.6 is 46.4 Å². The minimum Gasteiger partial charge on any atom is -0.492 e. The van der Waals surface area contributed by atoms with Gasteiger partial charge in [-0.15, -0.1) is 0 Å². The summed E-state index contributed by atoms with van der Waals surface area (Å²) in [5.74, 6) is -1.01. The Hall–Kier alpha value is -1.55. The molecule has 0 aromatic heterocycles. The van der Waals surface area contributed by atoms with E-state index < -0.39 is 21.8 Å². The molecule has 0 unspecified atom stereocenters. The summed E-state index contributed by atoms with van der Waals surface area (Å²) in [5, 5.41) is 4.50. The second kappa shape index (κ2) is 7.70. The molecule has 3 rings (SSSR count).